The van der Waals surface area contributed by atoms with Gasteiger partial charge in [0, 0.05) is 6.54 Å². The number of benzene rings is 1. The molecule has 1 aliphatic heterocycles. The van der Waals surface area contributed by atoms with E-state index in [1.165, 1.54) is 34.6 Å². The summed E-state index contributed by atoms with van der Waals surface area (Å²) >= 11 is 1.21. The van der Waals surface area contributed by atoms with Gasteiger partial charge in [-0.05, 0) is 43.7 Å². The maximum Gasteiger partial charge on any atom is 0.290 e. The first-order valence-corrected chi connectivity index (χ1v) is 9.69. The maximum absolute atomic E-state index is 13.3. The Labute approximate surface area is 169 Å². The number of hydrogen-bond acceptors (Lipinski definition) is 6. The van der Waals surface area contributed by atoms with Crippen molar-refractivity contribution < 1.29 is 23.5 Å². The quantitative estimate of drug-likeness (QED) is 0.633. The number of nitrogens with zero attached hydrogens (tertiary/aromatic N) is 2. The minimum absolute atomic E-state index is 0.0428. The summed E-state index contributed by atoms with van der Waals surface area (Å²) in [5.41, 5.74) is 1.15. The Bertz CT molecular complexity index is 1120. The number of aryl methyl sites for hydroxylation is 2. The molecule has 6 nitrogen and oxygen atoms in total. The molecule has 3 aromatic rings. The summed E-state index contributed by atoms with van der Waals surface area (Å²) in [7, 11) is 0. The first-order chi connectivity index (χ1) is 13.9. The molecule has 0 bridgehead atoms. The number of aliphatic hydroxyl groups is 1. The molecule has 0 fully saturated rings. The molecule has 0 saturated carbocycles. The van der Waals surface area contributed by atoms with E-state index in [-0.39, 0.29) is 12.1 Å². The van der Waals surface area contributed by atoms with Crippen molar-refractivity contribution >= 4 is 23.0 Å². The van der Waals surface area contributed by atoms with Crippen LogP contribution in [0.2, 0.25) is 0 Å². The average molecular weight is 412 g/mol. The van der Waals surface area contributed by atoms with Gasteiger partial charge in [-0.25, -0.2) is 9.37 Å². The lowest BCUT2D eigenvalue weighted by molar-refractivity contribution is -0.130. The Balaban J connectivity index is 1.77. The summed E-state index contributed by atoms with van der Waals surface area (Å²) in [6.45, 7) is 3.57. The van der Waals surface area contributed by atoms with Crippen LogP contribution in [-0.2, 0) is 11.3 Å². The number of carbonyl (C=O) groups is 2. The lowest BCUT2D eigenvalue weighted by atomic mass is 9.99. The van der Waals surface area contributed by atoms with E-state index in [0.29, 0.717) is 26.9 Å². The number of aliphatic hydroxyl groups excluding tert-OH is 1. The van der Waals surface area contributed by atoms with Crippen LogP contribution in [0.3, 0.4) is 0 Å². The average Bonchev–Trinajstić information content (AvgIpc) is 3.38. The highest BCUT2D eigenvalue weighted by Gasteiger charge is 2.45. The summed E-state index contributed by atoms with van der Waals surface area (Å²) in [6.07, 6.45) is 1.44. The van der Waals surface area contributed by atoms with Crippen molar-refractivity contribution in [2.24, 2.45) is 0 Å². The van der Waals surface area contributed by atoms with Crippen LogP contribution in [0.4, 0.5) is 4.39 Å². The number of ketones is 1. The fourth-order valence-corrected chi connectivity index (χ4v) is 4.32. The summed E-state index contributed by atoms with van der Waals surface area (Å²) in [5.74, 6) is -1.78. The van der Waals surface area contributed by atoms with Crippen molar-refractivity contribution in [3.63, 3.8) is 0 Å². The third-order valence-corrected chi connectivity index (χ3v) is 5.81. The van der Waals surface area contributed by atoms with Gasteiger partial charge in [-0.2, -0.15) is 0 Å². The van der Waals surface area contributed by atoms with Gasteiger partial charge in [0.15, 0.2) is 5.76 Å². The molecule has 1 amide bonds. The molecule has 148 valence electrons. The Morgan fingerprint density at radius 3 is 2.59 bits per heavy atom. The predicted molar refractivity (Wildman–Crippen MR) is 104 cm³/mol. The summed E-state index contributed by atoms with van der Waals surface area (Å²) in [5, 5.41) is 11.3. The Kier molecular flexibility index (Phi) is 4.79. The number of Topliss-reactive ketones (excluding diaryl/α,β-unsaturated/α-hetero) is 1. The molecule has 1 atom stereocenters. The van der Waals surface area contributed by atoms with E-state index < -0.39 is 29.3 Å². The second kappa shape index (κ2) is 7.29. The van der Waals surface area contributed by atoms with Crippen LogP contribution in [0, 0.1) is 19.7 Å². The minimum Gasteiger partial charge on any atom is -0.503 e. The third-order valence-electron chi connectivity index (χ3n) is 4.74. The zero-order valence-electron chi connectivity index (χ0n) is 15.7. The van der Waals surface area contributed by atoms with Crippen molar-refractivity contribution in [1.29, 1.82) is 0 Å². The van der Waals surface area contributed by atoms with E-state index in [0.717, 1.165) is 0 Å². The normalized spacial score (nSPS) is 16.7. The SMILES string of the molecule is Cc1nc(C)c(C(=O)C2=C(O)C(=O)N(Cc3ccc(F)cc3)C2c2ccco2)s1. The van der Waals surface area contributed by atoms with Gasteiger partial charge >= 0.3 is 0 Å². The van der Waals surface area contributed by atoms with E-state index in [4.69, 9.17) is 4.42 Å². The van der Waals surface area contributed by atoms with Gasteiger partial charge in [0.2, 0.25) is 5.78 Å². The number of furan rings is 1. The Hall–Kier alpha value is -3.26. The number of amides is 1. The van der Waals surface area contributed by atoms with Gasteiger partial charge in [-0.3, -0.25) is 9.59 Å². The van der Waals surface area contributed by atoms with E-state index in [1.807, 2.05) is 0 Å². The number of thiazole rings is 1. The number of rotatable bonds is 5. The highest BCUT2D eigenvalue weighted by atomic mass is 32.1. The molecule has 0 spiro atoms. The standard InChI is InChI=1S/C21H17FN2O4S/c1-11-20(29-12(2)23-11)18(25)16-17(15-4-3-9-28-15)24(21(27)19(16)26)10-13-5-7-14(22)8-6-13/h3-9,17,26H,10H2,1-2H3. The molecule has 29 heavy (non-hydrogen) atoms. The molecule has 2 aromatic heterocycles. The fraction of sp³-hybridized carbons (Fsp3) is 0.190. The predicted octanol–water partition coefficient (Wildman–Crippen LogP) is 4.27. The van der Waals surface area contributed by atoms with Crippen LogP contribution in [-0.4, -0.2) is 26.7 Å². The van der Waals surface area contributed by atoms with Crippen LogP contribution in [0.5, 0.6) is 0 Å². The first kappa shape index (κ1) is 19.1. The molecular weight excluding hydrogens is 395 g/mol. The number of aromatic nitrogens is 1. The molecule has 3 heterocycles. The molecular formula is C21H17FN2O4S. The highest BCUT2D eigenvalue weighted by molar-refractivity contribution is 7.14. The Morgan fingerprint density at radius 2 is 2.00 bits per heavy atom. The highest BCUT2D eigenvalue weighted by Crippen LogP contribution is 2.41. The second-order valence-electron chi connectivity index (χ2n) is 6.72. The third kappa shape index (κ3) is 3.36. The molecule has 1 aliphatic rings. The van der Waals surface area contributed by atoms with Gasteiger partial charge < -0.3 is 14.4 Å². The van der Waals surface area contributed by atoms with Crippen molar-refractivity contribution in [3.8, 4) is 0 Å². The summed E-state index contributed by atoms with van der Waals surface area (Å²) in [4.78, 5) is 32.1. The second-order valence-corrected chi connectivity index (χ2v) is 7.92. The summed E-state index contributed by atoms with van der Waals surface area (Å²) < 4.78 is 18.7. The van der Waals surface area contributed by atoms with Crippen LogP contribution >= 0.6 is 11.3 Å². The zero-order valence-corrected chi connectivity index (χ0v) is 16.5. The summed E-state index contributed by atoms with van der Waals surface area (Å²) in [6, 6.07) is 8.09. The van der Waals surface area contributed by atoms with Gasteiger partial charge in [0.1, 0.15) is 17.6 Å². The molecule has 8 heteroatoms. The number of carbonyl (C=O) groups excluding carboxylic acids is 2. The Morgan fingerprint density at radius 1 is 1.28 bits per heavy atom. The van der Waals surface area contributed by atoms with Gasteiger partial charge in [-0.1, -0.05) is 12.1 Å². The van der Waals surface area contributed by atoms with E-state index >= 15 is 0 Å². The smallest absolute Gasteiger partial charge is 0.290 e. The maximum atomic E-state index is 13.3. The van der Waals surface area contributed by atoms with E-state index in [9.17, 15) is 19.1 Å². The largest absolute Gasteiger partial charge is 0.503 e. The minimum atomic E-state index is -0.892. The molecule has 1 unspecified atom stereocenters. The molecule has 1 aromatic carbocycles. The molecule has 4 rings (SSSR count). The molecule has 0 aliphatic carbocycles. The van der Waals surface area contributed by atoms with E-state index in [2.05, 4.69) is 4.98 Å². The lowest BCUT2D eigenvalue weighted by Gasteiger charge is -2.24. The van der Waals surface area contributed by atoms with Crippen LogP contribution in [0.1, 0.15) is 37.7 Å². The van der Waals surface area contributed by atoms with Crippen LogP contribution in [0.15, 0.2) is 58.4 Å². The topological polar surface area (TPSA) is 83.6 Å². The van der Waals surface area contributed by atoms with Crippen LogP contribution in [0.25, 0.3) is 0 Å². The zero-order chi connectivity index (χ0) is 20.7. The first-order valence-electron chi connectivity index (χ1n) is 8.87. The van der Waals surface area contributed by atoms with Crippen molar-refractivity contribution in [3.05, 3.63) is 86.7 Å². The van der Waals surface area contributed by atoms with Crippen molar-refractivity contribution in [2.45, 2.75) is 26.4 Å². The molecule has 1 N–H and O–H groups in total. The fourth-order valence-electron chi connectivity index (χ4n) is 3.44. The van der Waals surface area contributed by atoms with Gasteiger partial charge in [-0.15, -0.1) is 11.3 Å². The lowest BCUT2D eigenvalue weighted by Crippen LogP contribution is -2.30. The number of halogens is 1. The monoisotopic (exact) mass is 412 g/mol. The van der Waals surface area contributed by atoms with Crippen molar-refractivity contribution in [2.75, 3.05) is 0 Å². The van der Waals surface area contributed by atoms with Gasteiger partial charge in [0.05, 0.1) is 27.4 Å². The van der Waals surface area contributed by atoms with E-state index in [1.54, 1.807) is 38.1 Å². The van der Waals surface area contributed by atoms with Crippen LogP contribution < -0.4 is 0 Å². The molecule has 0 radical (unpaired) electrons. The number of hydrogen-bond donors (Lipinski definition) is 1. The van der Waals surface area contributed by atoms with Crippen molar-refractivity contribution in [1.82, 2.24) is 9.88 Å². The molecule has 0 saturated heterocycles. The van der Waals surface area contributed by atoms with Gasteiger partial charge in [0.25, 0.3) is 5.91 Å².